The van der Waals surface area contributed by atoms with Crippen LogP contribution in [0.2, 0.25) is 0 Å². The second kappa shape index (κ2) is 7.79. The summed E-state index contributed by atoms with van der Waals surface area (Å²) in [5.74, 6) is -0.650. The molecule has 1 rings (SSSR count). The lowest BCUT2D eigenvalue weighted by molar-refractivity contribution is -0.118. The maximum absolute atomic E-state index is 12.9. The average Bonchev–Trinajstić information content (AvgIpc) is 2.33. The van der Waals surface area contributed by atoms with Gasteiger partial charge in [0.25, 0.3) is 0 Å². The molecule has 5 heteroatoms. The first kappa shape index (κ1) is 14.6. The molecular weight excluding hydrogens is 235 g/mol. The second-order valence-corrected chi connectivity index (χ2v) is 4.20. The van der Waals surface area contributed by atoms with E-state index in [1.165, 1.54) is 12.1 Å². The number of benzene rings is 1. The third-order valence-corrected chi connectivity index (χ3v) is 2.60. The first-order valence-electron chi connectivity index (χ1n) is 6.02. The Bertz CT molecular complexity index is 385. The van der Waals surface area contributed by atoms with E-state index in [2.05, 4.69) is 5.32 Å². The molecule has 100 valence electrons. The monoisotopic (exact) mass is 254 g/mol. The molecule has 1 unspecified atom stereocenters. The molecule has 1 aromatic carbocycles. The van der Waals surface area contributed by atoms with Crippen molar-refractivity contribution in [3.63, 3.8) is 0 Å². The van der Waals surface area contributed by atoms with Gasteiger partial charge in [0.1, 0.15) is 5.82 Å². The molecule has 18 heavy (non-hydrogen) atoms. The van der Waals surface area contributed by atoms with E-state index in [9.17, 15) is 14.3 Å². The fourth-order valence-corrected chi connectivity index (χ4v) is 1.62. The number of aliphatic hydroxyl groups is 1. The topological polar surface area (TPSA) is 75.4 Å². The summed E-state index contributed by atoms with van der Waals surface area (Å²) >= 11 is 0. The molecule has 0 fully saturated rings. The quantitative estimate of drug-likeness (QED) is 0.608. The number of hydrogen-bond acceptors (Lipinski definition) is 3. The number of carbonyl (C=O) groups excluding carboxylic acids is 1. The summed E-state index contributed by atoms with van der Waals surface area (Å²) in [6.45, 7) is 1.06. The van der Waals surface area contributed by atoms with E-state index >= 15 is 0 Å². The van der Waals surface area contributed by atoms with Crippen LogP contribution in [0.5, 0.6) is 0 Å². The number of unbranched alkanes of at least 4 members (excludes halogenated alkanes) is 1. The van der Waals surface area contributed by atoms with Gasteiger partial charge in [0, 0.05) is 13.0 Å². The van der Waals surface area contributed by atoms with Crippen molar-refractivity contribution >= 4 is 5.91 Å². The fourth-order valence-electron chi connectivity index (χ4n) is 1.62. The first-order chi connectivity index (χ1) is 8.59. The normalized spacial score (nSPS) is 12.3. The summed E-state index contributed by atoms with van der Waals surface area (Å²) in [6, 6.07) is 5.91. The van der Waals surface area contributed by atoms with Crippen LogP contribution >= 0.6 is 0 Å². The highest BCUT2D eigenvalue weighted by molar-refractivity contribution is 5.73. The van der Waals surface area contributed by atoms with E-state index in [1.54, 1.807) is 12.1 Å². The Morgan fingerprint density at radius 2 is 2.22 bits per heavy atom. The van der Waals surface area contributed by atoms with Crippen molar-refractivity contribution in [3.05, 3.63) is 35.6 Å². The van der Waals surface area contributed by atoms with Gasteiger partial charge in [-0.2, -0.15) is 0 Å². The van der Waals surface area contributed by atoms with Crippen molar-refractivity contribution in [1.82, 2.24) is 5.32 Å². The number of amides is 1. The largest absolute Gasteiger partial charge is 0.387 e. The Balaban J connectivity index is 2.17. The summed E-state index contributed by atoms with van der Waals surface area (Å²) in [7, 11) is 0. The number of hydrogen-bond donors (Lipinski definition) is 3. The van der Waals surface area contributed by atoms with Crippen molar-refractivity contribution in [2.24, 2.45) is 5.73 Å². The Kier molecular flexibility index (Phi) is 6.32. The van der Waals surface area contributed by atoms with E-state index in [1.807, 2.05) is 0 Å². The molecular formula is C13H19FN2O2. The van der Waals surface area contributed by atoms with Gasteiger partial charge >= 0.3 is 0 Å². The molecule has 1 amide bonds. The molecule has 1 atom stereocenters. The highest BCUT2D eigenvalue weighted by atomic mass is 19.1. The molecule has 0 heterocycles. The van der Waals surface area contributed by atoms with Crippen molar-refractivity contribution in [1.29, 1.82) is 0 Å². The van der Waals surface area contributed by atoms with Gasteiger partial charge in [0.05, 0.1) is 6.10 Å². The average molecular weight is 254 g/mol. The smallest absolute Gasteiger partial charge is 0.217 e. The standard InChI is InChI=1S/C13H19FN2O2/c14-11-5-3-4-10(8-11)12(17)9-16-7-2-1-6-13(15)18/h3-5,8,12,16-17H,1-2,6-7,9H2,(H2,15,18). The van der Waals surface area contributed by atoms with Gasteiger partial charge in [0.15, 0.2) is 0 Å². The SMILES string of the molecule is NC(=O)CCCCNCC(O)c1cccc(F)c1. The summed E-state index contributed by atoms with van der Waals surface area (Å²) in [6.07, 6.45) is 1.21. The highest BCUT2D eigenvalue weighted by Gasteiger charge is 2.07. The minimum atomic E-state index is -0.725. The molecule has 4 nitrogen and oxygen atoms in total. The Morgan fingerprint density at radius 1 is 1.44 bits per heavy atom. The molecule has 0 aliphatic carbocycles. The predicted molar refractivity (Wildman–Crippen MR) is 67.3 cm³/mol. The zero-order chi connectivity index (χ0) is 13.4. The van der Waals surface area contributed by atoms with Gasteiger partial charge in [-0.15, -0.1) is 0 Å². The second-order valence-electron chi connectivity index (χ2n) is 4.20. The molecule has 0 spiro atoms. The first-order valence-corrected chi connectivity index (χ1v) is 6.02. The summed E-state index contributed by atoms with van der Waals surface area (Å²) in [4.78, 5) is 10.5. The van der Waals surface area contributed by atoms with Crippen molar-refractivity contribution in [3.8, 4) is 0 Å². The van der Waals surface area contributed by atoms with Gasteiger partial charge in [-0.3, -0.25) is 4.79 Å². The lowest BCUT2D eigenvalue weighted by Gasteiger charge is -2.12. The van der Waals surface area contributed by atoms with Crippen LogP contribution in [0.3, 0.4) is 0 Å². The van der Waals surface area contributed by atoms with Crippen LogP contribution in [0, 0.1) is 5.82 Å². The molecule has 0 bridgehead atoms. The number of aliphatic hydroxyl groups excluding tert-OH is 1. The number of nitrogens with two attached hydrogens (primary N) is 1. The van der Waals surface area contributed by atoms with Gasteiger partial charge in [-0.05, 0) is 37.1 Å². The minimum Gasteiger partial charge on any atom is -0.387 e. The van der Waals surface area contributed by atoms with Gasteiger partial charge in [-0.25, -0.2) is 4.39 Å². The van der Waals surface area contributed by atoms with Crippen LogP contribution in [0.25, 0.3) is 0 Å². The van der Waals surface area contributed by atoms with Gasteiger partial charge < -0.3 is 16.2 Å². The highest BCUT2D eigenvalue weighted by Crippen LogP contribution is 2.12. The van der Waals surface area contributed by atoms with Crippen LogP contribution in [0.15, 0.2) is 24.3 Å². The molecule has 0 aliphatic rings. The predicted octanol–water partition coefficient (Wildman–Crippen LogP) is 1.10. The van der Waals surface area contributed by atoms with E-state index in [-0.39, 0.29) is 11.7 Å². The van der Waals surface area contributed by atoms with Crippen molar-refractivity contribution in [2.75, 3.05) is 13.1 Å². The van der Waals surface area contributed by atoms with Gasteiger partial charge in [-0.1, -0.05) is 12.1 Å². The Labute approximate surface area is 106 Å². The number of halogens is 1. The number of rotatable bonds is 8. The van der Waals surface area contributed by atoms with Crippen molar-refractivity contribution in [2.45, 2.75) is 25.4 Å². The molecule has 0 saturated carbocycles. The molecule has 0 aromatic heterocycles. The van der Waals surface area contributed by atoms with Crippen LogP contribution in [-0.2, 0) is 4.79 Å². The van der Waals surface area contributed by atoms with Crippen molar-refractivity contribution < 1.29 is 14.3 Å². The van der Waals surface area contributed by atoms with Crippen LogP contribution in [-0.4, -0.2) is 24.1 Å². The number of primary amides is 1. The van der Waals surface area contributed by atoms with Crippen LogP contribution < -0.4 is 11.1 Å². The maximum Gasteiger partial charge on any atom is 0.217 e. The molecule has 1 aromatic rings. The summed E-state index contributed by atoms with van der Waals surface area (Å²) < 4.78 is 12.9. The van der Waals surface area contributed by atoms with E-state index in [0.717, 1.165) is 12.8 Å². The van der Waals surface area contributed by atoms with E-state index in [0.29, 0.717) is 25.1 Å². The molecule has 0 saturated heterocycles. The Morgan fingerprint density at radius 3 is 2.89 bits per heavy atom. The van der Waals surface area contributed by atoms with Gasteiger partial charge in [0.2, 0.25) is 5.91 Å². The lowest BCUT2D eigenvalue weighted by Crippen LogP contribution is -2.23. The summed E-state index contributed by atoms with van der Waals surface area (Å²) in [5.41, 5.74) is 5.57. The zero-order valence-electron chi connectivity index (χ0n) is 10.2. The maximum atomic E-state index is 12.9. The Hall–Kier alpha value is -1.46. The zero-order valence-corrected chi connectivity index (χ0v) is 10.2. The van der Waals surface area contributed by atoms with Crippen LogP contribution in [0.4, 0.5) is 4.39 Å². The van der Waals surface area contributed by atoms with E-state index < -0.39 is 6.10 Å². The van der Waals surface area contributed by atoms with E-state index in [4.69, 9.17) is 5.73 Å². The third-order valence-electron chi connectivity index (χ3n) is 2.60. The lowest BCUT2D eigenvalue weighted by atomic mass is 10.1. The molecule has 4 N–H and O–H groups in total. The number of nitrogens with one attached hydrogen (secondary N) is 1. The fraction of sp³-hybridized carbons (Fsp3) is 0.462. The molecule has 0 aliphatic heterocycles. The summed E-state index contributed by atoms with van der Waals surface area (Å²) in [5, 5.41) is 12.8. The van der Waals surface area contributed by atoms with Crippen LogP contribution in [0.1, 0.15) is 30.9 Å². The minimum absolute atomic E-state index is 0.296. The number of carbonyl (C=O) groups is 1. The third kappa shape index (κ3) is 5.75. The molecule has 0 radical (unpaired) electrons.